The lowest BCUT2D eigenvalue weighted by molar-refractivity contribution is -0.136. The third kappa shape index (κ3) is 6.33. The molecule has 0 amide bonds. The summed E-state index contributed by atoms with van der Waals surface area (Å²) in [6.45, 7) is 2.76. The molecule has 5 rings (SSSR count). The van der Waals surface area contributed by atoms with E-state index in [1.54, 1.807) is 0 Å². The average molecular weight is 559 g/mol. The number of tetrazole rings is 1. The predicted molar refractivity (Wildman–Crippen MR) is 157 cm³/mol. The number of carbonyl (C=O) groups excluding carboxylic acids is 1. The highest BCUT2D eigenvalue weighted by molar-refractivity contribution is 6.30. The van der Waals surface area contributed by atoms with Crippen LogP contribution in [0.1, 0.15) is 69.0 Å². The number of esters is 1. The van der Waals surface area contributed by atoms with Gasteiger partial charge in [0.15, 0.2) is 11.0 Å². The van der Waals surface area contributed by atoms with Crippen molar-refractivity contribution >= 4 is 23.6 Å². The zero-order chi connectivity index (χ0) is 27.9. The van der Waals surface area contributed by atoms with E-state index in [9.17, 15) is 4.79 Å². The van der Waals surface area contributed by atoms with Crippen LogP contribution in [0.3, 0.4) is 0 Å². The SMILES string of the molecule is CCCCc1nc(Cl)c(/C=C(\CC2CCCC2)C(=O)OC)n1Cc1ccc(-c2ccccc2-c2nnn[nH]2)cc1. The number of hydrogen-bond donors (Lipinski definition) is 1. The summed E-state index contributed by atoms with van der Waals surface area (Å²) < 4.78 is 7.31. The number of halogens is 1. The maximum Gasteiger partial charge on any atom is 0.333 e. The van der Waals surface area contributed by atoms with Crippen LogP contribution >= 0.6 is 11.6 Å². The van der Waals surface area contributed by atoms with Crippen molar-refractivity contribution in [1.29, 1.82) is 0 Å². The Labute approximate surface area is 239 Å². The van der Waals surface area contributed by atoms with Crippen molar-refractivity contribution in [3.8, 4) is 22.5 Å². The Morgan fingerprint density at radius 1 is 1.12 bits per heavy atom. The summed E-state index contributed by atoms with van der Waals surface area (Å²) in [4.78, 5) is 17.5. The Bertz CT molecular complexity index is 1450. The van der Waals surface area contributed by atoms with Crippen LogP contribution in [0, 0.1) is 5.92 Å². The highest BCUT2D eigenvalue weighted by Crippen LogP contribution is 2.33. The van der Waals surface area contributed by atoms with E-state index in [1.165, 1.54) is 20.0 Å². The molecule has 4 aromatic rings. The van der Waals surface area contributed by atoms with Gasteiger partial charge in [-0.2, -0.15) is 0 Å². The van der Waals surface area contributed by atoms with Crippen molar-refractivity contribution in [3.05, 3.63) is 76.3 Å². The number of hydrogen-bond acceptors (Lipinski definition) is 6. The number of methoxy groups -OCH3 is 1. The minimum absolute atomic E-state index is 0.296. The topological polar surface area (TPSA) is 98.6 Å². The fourth-order valence-corrected chi connectivity index (χ4v) is 5.78. The van der Waals surface area contributed by atoms with Gasteiger partial charge in [-0.25, -0.2) is 14.9 Å². The second-order valence-corrected chi connectivity index (χ2v) is 10.8. The summed E-state index contributed by atoms with van der Waals surface area (Å²) in [7, 11) is 1.44. The van der Waals surface area contributed by atoms with Crippen LogP contribution in [-0.4, -0.2) is 43.3 Å². The molecule has 1 fully saturated rings. The van der Waals surface area contributed by atoms with Crippen molar-refractivity contribution in [1.82, 2.24) is 30.2 Å². The number of imidazole rings is 1. The first kappa shape index (κ1) is 27.8. The first-order chi connectivity index (χ1) is 19.6. The van der Waals surface area contributed by atoms with Crippen molar-refractivity contribution in [2.45, 2.75) is 64.8 Å². The monoisotopic (exact) mass is 558 g/mol. The van der Waals surface area contributed by atoms with Gasteiger partial charge in [-0.1, -0.05) is 99.2 Å². The molecular formula is C31H35ClN6O2. The first-order valence-electron chi connectivity index (χ1n) is 14.0. The molecule has 2 aromatic carbocycles. The molecule has 9 heteroatoms. The molecule has 40 heavy (non-hydrogen) atoms. The van der Waals surface area contributed by atoms with Crippen molar-refractivity contribution in [2.24, 2.45) is 5.92 Å². The lowest BCUT2D eigenvalue weighted by Crippen LogP contribution is -2.11. The molecule has 208 valence electrons. The van der Waals surface area contributed by atoms with Crippen LogP contribution < -0.4 is 0 Å². The van der Waals surface area contributed by atoms with Gasteiger partial charge in [-0.15, -0.1) is 5.10 Å². The van der Waals surface area contributed by atoms with Crippen LogP contribution in [0.25, 0.3) is 28.6 Å². The van der Waals surface area contributed by atoms with Gasteiger partial charge >= 0.3 is 5.97 Å². The van der Waals surface area contributed by atoms with Crippen molar-refractivity contribution in [3.63, 3.8) is 0 Å². The minimum Gasteiger partial charge on any atom is -0.466 e. The van der Waals surface area contributed by atoms with E-state index < -0.39 is 0 Å². The normalized spacial score (nSPS) is 14.1. The van der Waals surface area contributed by atoms with Crippen LogP contribution in [0.5, 0.6) is 0 Å². The summed E-state index contributed by atoms with van der Waals surface area (Å²) >= 11 is 6.73. The third-order valence-corrected chi connectivity index (χ3v) is 7.95. The van der Waals surface area contributed by atoms with Gasteiger partial charge in [0.2, 0.25) is 0 Å². The maximum atomic E-state index is 12.8. The summed E-state index contributed by atoms with van der Waals surface area (Å²) in [5, 5.41) is 14.8. The number of ether oxygens (including phenoxy) is 1. The fourth-order valence-electron chi connectivity index (χ4n) is 5.53. The smallest absolute Gasteiger partial charge is 0.333 e. The number of nitrogens with zero attached hydrogens (tertiary/aromatic N) is 5. The maximum absolute atomic E-state index is 12.8. The quantitative estimate of drug-likeness (QED) is 0.159. The van der Waals surface area contributed by atoms with Gasteiger partial charge < -0.3 is 9.30 Å². The number of carbonyl (C=O) groups is 1. The van der Waals surface area contributed by atoms with E-state index >= 15 is 0 Å². The van der Waals surface area contributed by atoms with Gasteiger partial charge in [-0.05, 0) is 52.0 Å². The Kier molecular flexibility index (Phi) is 9.06. The molecule has 1 N–H and O–H groups in total. The number of nitrogens with one attached hydrogen (secondary N) is 1. The number of unbranched alkanes of at least 4 members (excludes halogenated alkanes) is 1. The lowest BCUT2D eigenvalue weighted by atomic mass is 9.97. The molecule has 0 spiro atoms. The highest BCUT2D eigenvalue weighted by Gasteiger charge is 2.23. The third-order valence-electron chi connectivity index (χ3n) is 7.67. The summed E-state index contributed by atoms with van der Waals surface area (Å²) in [6.07, 6.45) is 10.2. The van der Waals surface area contributed by atoms with E-state index in [1.807, 2.05) is 24.3 Å². The van der Waals surface area contributed by atoms with Crippen molar-refractivity contribution < 1.29 is 9.53 Å². The molecule has 0 aliphatic heterocycles. The van der Waals surface area contributed by atoms with Gasteiger partial charge in [0.25, 0.3) is 0 Å². The molecule has 2 heterocycles. The molecular weight excluding hydrogens is 524 g/mol. The largest absolute Gasteiger partial charge is 0.466 e. The van der Waals surface area contributed by atoms with Crippen LogP contribution in [-0.2, 0) is 22.5 Å². The standard InChI is InChI=1S/C31H35ClN6O2/c1-3-4-13-28-33-29(32)27(19-24(31(39)40-2)18-21-9-5-6-10-21)38(28)20-22-14-16-23(17-15-22)25-11-7-8-12-26(25)30-34-36-37-35-30/h7-8,11-12,14-17,19,21H,3-6,9-10,13,18,20H2,1-2H3,(H,34,35,36,37)/b24-19+. The minimum atomic E-state index is -0.296. The molecule has 0 unspecified atom stereocenters. The zero-order valence-corrected chi connectivity index (χ0v) is 23.8. The Hall–Kier alpha value is -3.78. The number of aromatic nitrogens is 6. The van der Waals surface area contributed by atoms with E-state index in [4.69, 9.17) is 21.3 Å². The number of benzene rings is 2. The fraction of sp³-hybridized carbons (Fsp3) is 0.387. The summed E-state index contributed by atoms with van der Waals surface area (Å²) in [5.41, 5.74) is 5.58. The second kappa shape index (κ2) is 13.0. The van der Waals surface area contributed by atoms with E-state index in [-0.39, 0.29) is 5.97 Å². The molecule has 0 atom stereocenters. The molecule has 1 aliphatic rings. The number of aromatic amines is 1. The first-order valence-corrected chi connectivity index (χ1v) is 14.4. The van der Waals surface area contributed by atoms with E-state index in [0.717, 1.165) is 65.9 Å². The van der Waals surface area contributed by atoms with E-state index in [2.05, 4.69) is 62.4 Å². The molecule has 0 radical (unpaired) electrons. The predicted octanol–water partition coefficient (Wildman–Crippen LogP) is 6.91. The van der Waals surface area contributed by atoms with E-state index in [0.29, 0.717) is 35.4 Å². The van der Waals surface area contributed by atoms with Crippen LogP contribution in [0.15, 0.2) is 54.1 Å². The van der Waals surface area contributed by atoms with Gasteiger partial charge in [0.05, 0.1) is 12.8 Å². The van der Waals surface area contributed by atoms with Gasteiger partial charge in [0.1, 0.15) is 5.82 Å². The molecule has 8 nitrogen and oxygen atoms in total. The summed E-state index contributed by atoms with van der Waals surface area (Å²) in [6, 6.07) is 16.5. The molecule has 1 saturated carbocycles. The highest BCUT2D eigenvalue weighted by atomic mass is 35.5. The zero-order valence-electron chi connectivity index (χ0n) is 23.1. The van der Waals surface area contributed by atoms with Gasteiger partial charge in [0, 0.05) is 24.1 Å². The average Bonchev–Trinajstić information content (AvgIpc) is 3.76. The number of rotatable bonds is 11. The Balaban J connectivity index is 1.47. The summed E-state index contributed by atoms with van der Waals surface area (Å²) in [5.74, 6) is 1.76. The molecule has 0 bridgehead atoms. The van der Waals surface area contributed by atoms with Gasteiger partial charge in [-0.3, -0.25) is 0 Å². The lowest BCUT2D eigenvalue weighted by Gasteiger charge is -2.14. The number of aryl methyl sites for hydroxylation is 1. The molecule has 1 aliphatic carbocycles. The second-order valence-electron chi connectivity index (χ2n) is 10.4. The Morgan fingerprint density at radius 2 is 1.88 bits per heavy atom. The molecule has 0 saturated heterocycles. The van der Waals surface area contributed by atoms with Crippen LogP contribution in [0.4, 0.5) is 0 Å². The Morgan fingerprint density at radius 3 is 2.55 bits per heavy atom. The molecule has 2 aromatic heterocycles. The number of H-pyrrole nitrogens is 1. The van der Waals surface area contributed by atoms with Crippen molar-refractivity contribution in [2.75, 3.05) is 7.11 Å². The van der Waals surface area contributed by atoms with Crippen LogP contribution in [0.2, 0.25) is 5.15 Å².